The van der Waals surface area contributed by atoms with Crippen LogP contribution < -0.4 is 14.8 Å². The van der Waals surface area contributed by atoms with E-state index >= 15 is 0 Å². The van der Waals surface area contributed by atoms with Crippen LogP contribution in [0.15, 0.2) is 48.5 Å². The highest BCUT2D eigenvalue weighted by atomic mass is 32.2. The number of hydrogen-bond donors (Lipinski definition) is 2. The summed E-state index contributed by atoms with van der Waals surface area (Å²) in [6, 6.07) is 14.2. The maximum atomic E-state index is 12.3. The summed E-state index contributed by atoms with van der Waals surface area (Å²) in [6.45, 7) is 2.83. The zero-order valence-electron chi connectivity index (χ0n) is 16.0. The highest BCUT2D eigenvalue weighted by molar-refractivity contribution is 7.92. The lowest BCUT2D eigenvalue weighted by atomic mass is 10.1. The van der Waals surface area contributed by atoms with E-state index in [0.29, 0.717) is 53.1 Å². The minimum absolute atomic E-state index is 0.177. The SMILES string of the molecule is Cc1nc(-c2cc(NS(C)(=O)=O)ccc2Oc2ccccc2)n2c1C(=O)NCC2. The van der Waals surface area contributed by atoms with Crippen LogP contribution in [0.1, 0.15) is 16.2 Å². The summed E-state index contributed by atoms with van der Waals surface area (Å²) < 4.78 is 33.7. The molecule has 2 heterocycles. The first-order chi connectivity index (χ1) is 13.8. The minimum atomic E-state index is -3.45. The Kier molecular flexibility index (Phi) is 4.75. The molecule has 8 nitrogen and oxygen atoms in total. The molecule has 2 aromatic carbocycles. The van der Waals surface area contributed by atoms with Crippen LogP contribution in [0.25, 0.3) is 11.4 Å². The van der Waals surface area contributed by atoms with E-state index in [1.165, 1.54) is 0 Å². The van der Waals surface area contributed by atoms with Crippen molar-refractivity contribution in [1.82, 2.24) is 14.9 Å². The Bertz CT molecular complexity index is 1190. The average molecular weight is 412 g/mol. The summed E-state index contributed by atoms with van der Waals surface area (Å²) in [5.41, 5.74) is 2.08. The van der Waals surface area contributed by atoms with Gasteiger partial charge in [-0.2, -0.15) is 0 Å². The Morgan fingerprint density at radius 2 is 1.93 bits per heavy atom. The van der Waals surface area contributed by atoms with Gasteiger partial charge in [0.05, 0.1) is 17.5 Å². The van der Waals surface area contributed by atoms with Crippen LogP contribution >= 0.6 is 0 Å². The Morgan fingerprint density at radius 1 is 1.17 bits per heavy atom. The standard InChI is InChI=1S/C20H20N4O4S/c1-13-18-20(25)21-10-11-24(18)19(22-13)16-12-14(23-29(2,26)27)8-9-17(16)28-15-6-4-3-5-7-15/h3-9,12,23H,10-11H2,1-2H3,(H,21,25). The fourth-order valence-corrected chi connectivity index (χ4v) is 3.89. The first-order valence-corrected chi connectivity index (χ1v) is 10.9. The molecule has 4 rings (SSSR count). The van der Waals surface area contributed by atoms with Gasteiger partial charge >= 0.3 is 0 Å². The van der Waals surface area contributed by atoms with E-state index in [-0.39, 0.29) is 5.91 Å². The normalized spacial score (nSPS) is 13.5. The zero-order valence-corrected chi connectivity index (χ0v) is 16.8. The highest BCUT2D eigenvalue weighted by Crippen LogP contribution is 2.36. The van der Waals surface area contributed by atoms with E-state index < -0.39 is 10.0 Å². The third-order valence-corrected chi connectivity index (χ3v) is 5.08. The first-order valence-electron chi connectivity index (χ1n) is 9.02. The molecule has 0 fully saturated rings. The quantitative estimate of drug-likeness (QED) is 0.671. The van der Waals surface area contributed by atoms with Crippen molar-refractivity contribution in [3.63, 3.8) is 0 Å². The Balaban J connectivity index is 1.86. The van der Waals surface area contributed by atoms with Gasteiger partial charge in [-0.1, -0.05) is 18.2 Å². The number of benzene rings is 2. The number of nitrogens with one attached hydrogen (secondary N) is 2. The molecule has 9 heteroatoms. The monoisotopic (exact) mass is 412 g/mol. The Labute approximate surface area is 168 Å². The van der Waals surface area contributed by atoms with E-state index in [9.17, 15) is 13.2 Å². The van der Waals surface area contributed by atoms with Gasteiger partial charge < -0.3 is 14.6 Å². The molecule has 1 aromatic heterocycles. The number of sulfonamides is 1. The van der Waals surface area contributed by atoms with Gasteiger partial charge in [-0.05, 0) is 37.3 Å². The topological polar surface area (TPSA) is 102 Å². The van der Waals surface area contributed by atoms with Gasteiger partial charge in [0, 0.05) is 18.8 Å². The Hall–Kier alpha value is -3.33. The molecule has 2 N–H and O–H groups in total. The number of para-hydroxylation sites is 1. The molecule has 29 heavy (non-hydrogen) atoms. The van der Waals surface area contributed by atoms with Crippen LogP contribution in [-0.4, -0.2) is 36.7 Å². The molecule has 0 saturated carbocycles. The molecule has 0 aliphatic carbocycles. The molecule has 0 bridgehead atoms. The largest absolute Gasteiger partial charge is 0.457 e. The van der Waals surface area contributed by atoms with Crippen molar-refractivity contribution in [3.8, 4) is 22.9 Å². The summed E-state index contributed by atoms with van der Waals surface area (Å²) in [7, 11) is -3.45. The summed E-state index contributed by atoms with van der Waals surface area (Å²) in [4.78, 5) is 16.9. The van der Waals surface area contributed by atoms with Crippen LogP contribution in [0.5, 0.6) is 11.5 Å². The molecule has 0 atom stereocenters. The van der Waals surface area contributed by atoms with E-state index in [1.54, 1.807) is 25.1 Å². The van der Waals surface area contributed by atoms with Gasteiger partial charge in [-0.3, -0.25) is 9.52 Å². The molecule has 3 aromatic rings. The number of anilines is 1. The Morgan fingerprint density at radius 3 is 2.66 bits per heavy atom. The number of fused-ring (bicyclic) bond motifs is 1. The highest BCUT2D eigenvalue weighted by Gasteiger charge is 2.26. The zero-order chi connectivity index (χ0) is 20.6. The molecule has 150 valence electrons. The number of amides is 1. The number of ether oxygens (including phenoxy) is 1. The van der Waals surface area contributed by atoms with Crippen molar-refractivity contribution in [1.29, 1.82) is 0 Å². The fraction of sp³-hybridized carbons (Fsp3) is 0.200. The molecule has 1 aliphatic heterocycles. The second-order valence-electron chi connectivity index (χ2n) is 6.78. The lowest BCUT2D eigenvalue weighted by Gasteiger charge is -2.19. The molecule has 1 amide bonds. The number of rotatable bonds is 5. The van der Waals surface area contributed by atoms with E-state index in [4.69, 9.17) is 4.74 Å². The second kappa shape index (κ2) is 7.25. The molecule has 0 saturated heterocycles. The molecule has 1 aliphatic rings. The fourth-order valence-electron chi connectivity index (χ4n) is 3.34. The maximum absolute atomic E-state index is 12.3. The van der Waals surface area contributed by atoms with Crippen molar-refractivity contribution in [3.05, 3.63) is 59.9 Å². The van der Waals surface area contributed by atoms with Gasteiger partial charge in [0.25, 0.3) is 5.91 Å². The smallest absolute Gasteiger partial charge is 0.269 e. The van der Waals surface area contributed by atoms with Crippen molar-refractivity contribution < 1.29 is 17.9 Å². The molecular weight excluding hydrogens is 392 g/mol. The van der Waals surface area contributed by atoms with E-state index in [1.807, 2.05) is 34.9 Å². The van der Waals surface area contributed by atoms with Gasteiger partial charge in [0.15, 0.2) is 0 Å². The molecule has 0 radical (unpaired) electrons. The predicted octanol–water partition coefficient (Wildman–Crippen LogP) is 2.77. The number of imidazole rings is 1. The van der Waals surface area contributed by atoms with Crippen molar-refractivity contribution in [2.45, 2.75) is 13.5 Å². The maximum Gasteiger partial charge on any atom is 0.269 e. The van der Waals surface area contributed by atoms with Crippen molar-refractivity contribution in [2.24, 2.45) is 0 Å². The van der Waals surface area contributed by atoms with Crippen molar-refractivity contribution >= 4 is 21.6 Å². The molecule has 0 unspecified atom stereocenters. The number of carbonyl (C=O) groups excluding carboxylic acids is 1. The predicted molar refractivity (Wildman–Crippen MR) is 110 cm³/mol. The van der Waals surface area contributed by atoms with Gasteiger partial charge in [0.1, 0.15) is 23.0 Å². The van der Waals surface area contributed by atoms with Crippen LogP contribution in [-0.2, 0) is 16.6 Å². The van der Waals surface area contributed by atoms with Gasteiger partial charge in [0.2, 0.25) is 10.0 Å². The average Bonchev–Trinajstić information content (AvgIpc) is 3.00. The number of aromatic nitrogens is 2. The first kappa shape index (κ1) is 19.0. The lowest BCUT2D eigenvalue weighted by molar-refractivity contribution is 0.0927. The number of hydrogen-bond acceptors (Lipinski definition) is 5. The number of aryl methyl sites for hydroxylation is 1. The van der Waals surface area contributed by atoms with Crippen molar-refractivity contribution in [2.75, 3.05) is 17.5 Å². The van der Waals surface area contributed by atoms with Crippen LogP contribution in [0.3, 0.4) is 0 Å². The minimum Gasteiger partial charge on any atom is -0.457 e. The second-order valence-corrected chi connectivity index (χ2v) is 8.53. The lowest BCUT2D eigenvalue weighted by Crippen LogP contribution is -2.35. The summed E-state index contributed by atoms with van der Waals surface area (Å²) in [6.07, 6.45) is 1.09. The van der Waals surface area contributed by atoms with Crippen LogP contribution in [0.2, 0.25) is 0 Å². The third kappa shape index (κ3) is 3.95. The van der Waals surface area contributed by atoms with Crippen LogP contribution in [0, 0.1) is 6.92 Å². The van der Waals surface area contributed by atoms with Crippen LogP contribution in [0.4, 0.5) is 5.69 Å². The van der Waals surface area contributed by atoms with Gasteiger partial charge in [-0.15, -0.1) is 0 Å². The van der Waals surface area contributed by atoms with E-state index in [2.05, 4.69) is 15.0 Å². The third-order valence-electron chi connectivity index (χ3n) is 4.47. The number of carbonyl (C=O) groups is 1. The summed E-state index contributed by atoms with van der Waals surface area (Å²) in [5.74, 6) is 1.52. The van der Waals surface area contributed by atoms with Gasteiger partial charge in [-0.25, -0.2) is 13.4 Å². The number of nitrogens with zero attached hydrogens (tertiary/aromatic N) is 2. The molecular formula is C20H20N4O4S. The summed E-state index contributed by atoms with van der Waals surface area (Å²) >= 11 is 0. The summed E-state index contributed by atoms with van der Waals surface area (Å²) in [5, 5.41) is 2.82. The van der Waals surface area contributed by atoms with E-state index in [0.717, 1.165) is 6.26 Å². The molecule has 0 spiro atoms.